The van der Waals surface area contributed by atoms with E-state index in [1.807, 2.05) is 24.3 Å². The fraction of sp³-hybridized carbons (Fsp3) is 0.188. The number of ether oxygens (including phenoxy) is 2. The largest absolute Gasteiger partial charge is 0.497 e. The molecule has 0 unspecified atom stereocenters. The van der Waals surface area contributed by atoms with Crippen LogP contribution in [-0.2, 0) is 0 Å². The first-order valence-corrected chi connectivity index (χ1v) is 7.40. The van der Waals surface area contributed by atoms with Crippen LogP contribution in [0.4, 0.5) is 17.1 Å². The van der Waals surface area contributed by atoms with Crippen molar-refractivity contribution in [3.05, 3.63) is 52.1 Å². The molecule has 0 aliphatic rings. The second kappa shape index (κ2) is 7.60. The van der Waals surface area contributed by atoms with E-state index in [1.54, 1.807) is 20.1 Å². The highest BCUT2D eigenvalue weighted by atomic mass is 32.1. The number of anilines is 2. The van der Waals surface area contributed by atoms with Gasteiger partial charge in [-0.1, -0.05) is 0 Å². The molecule has 0 radical (unpaired) electrons. The summed E-state index contributed by atoms with van der Waals surface area (Å²) >= 11 is 5.27. The van der Waals surface area contributed by atoms with Crippen molar-refractivity contribution in [1.82, 2.24) is 0 Å². The van der Waals surface area contributed by atoms with E-state index in [2.05, 4.69) is 10.6 Å². The van der Waals surface area contributed by atoms with Crippen molar-refractivity contribution in [2.75, 3.05) is 24.9 Å². The Morgan fingerprint density at radius 3 is 2.33 bits per heavy atom. The van der Waals surface area contributed by atoms with E-state index in [4.69, 9.17) is 21.7 Å². The maximum absolute atomic E-state index is 11.0. The number of rotatable bonds is 5. The molecule has 0 heterocycles. The van der Waals surface area contributed by atoms with Crippen LogP contribution in [0.1, 0.15) is 5.56 Å². The lowest BCUT2D eigenvalue weighted by molar-refractivity contribution is -0.385. The molecule has 0 saturated heterocycles. The van der Waals surface area contributed by atoms with E-state index in [1.165, 1.54) is 13.2 Å². The number of nitro groups is 1. The molecule has 0 bridgehead atoms. The van der Waals surface area contributed by atoms with Gasteiger partial charge in [0.15, 0.2) is 10.9 Å². The topological polar surface area (TPSA) is 85.7 Å². The highest BCUT2D eigenvalue weighted by molar-refractivity contribution is 7.80. The van der Waals surface area contributed by atoms with E-state index < -0.39 is 4.92 Å². The number of nitrogens with one attached hydrogen (secondary N) is 2. The first-order valence-electron chi connectivity index (χ1n) is 6.99. The summed E-state index contributed by atoms with van der Waals surface area (Å²) < 4.78 is 10.2. The van der Waals surface area contributed by atoms with Gasteiger partial charge in [0.1, 0.15) is 5.75 Å². The molecule has 2 aromatic rings. The molecule has 0 saturated carbocycles. The molecule has 2 aromatic carbocycles. The molecule has 0 amide bonds. The summed E-state index contributed by atoms with van der Waals surface area (Å²) in [6.45, 7) is 1.75. The summed E-state index contributed by atoms with van der Waals surface area (Å²) in [7, 11) is 2.98. The Kier molecular flexibility index (Phi) is 5.54. The lowest BCUT2D eigenvalue weighted by atomic mass is 10.1. The number of thiocarbonyl (C=S) groups is 1. The average molecular weight is 347 g/mol. The molecule has 0 spiro atoms. The van der Waals surface area contributed by atoms with Gasteiger partial charge in [-0.2, -0.15) is 0 Å². The maximum Gasteiger partial charge on any atom is 0.311 e. The molecule has 0 atom stereocenters. The maximum atomic E-state index is 11.0. The fourth-order valence-corrected chi connectivity index (χ4v) is 2.30. The molecule has 7 nitrogen and oxygen atoms in total. The van der Waals surface area contributed by atoms with Gasteiger partial charge in [-0.25, -0.2) is 0 Å². The molecule has 2 N–H and O–H groups in total. The third kappa shape index (κ3) is 4.11. The van der Waals surface area contributed by atoms with Gasteiger partial charge in [-0.3, -0.25) is 10.1 Å². The van der Waals surface area contributed by atoms with Crippen LogP contribution in [0.5, 0.6) is 11.5 Å². The minimum Gasteiger partial charge on any atom is -0.497 e. The molecule has 126 valence electrons. The van der Waals surface area contributed by atoms with E-state index in [9.17, 15) is 10.1 Å². The molecule has 0 aliphatic carbocycles. The van der Waals surface area contributed by atoms with E-state index in [-0.39, 0.29) is 11.4 Å². The summed E-state index contributed by atoms with van der Waals surface area (Å²) in [5.41, 5.74) is 2.01. The lowest BCUT2D eigenvalue weighted by Gasteiger charge is -2.14. The Morgan fingerprint density at radius 1 is 1.12 bits per heavy atom. The predicted octanol–water partition coefficient (Wildman–Crippen LogP) is 3.73. The van der Waals surface area contributed by atoms with Crippen molar-refractivity contribution in [1.29, 1.82) is 0 Å². The number of benzene rings is 2. The van der Waals surface area contributed by atoms with Gasteiger partial charge >= 0.3 is 5.69 Å². The third-order valence-corrected chi connectivity index (χ3v) is 3.52. The standard InChI is InChI=1S/C16H17N3O4S/c1-10-8-14(19(20)21)15(23-3)9-13(10)18-16(24)17-11-4-6-12(22-2)7-5-11/h4-9H,1-3H3,(H2,17,18,24). The molecule has 0 aromatic heterocycles. The summed E-state index contributed by atoms with van der Waals surface area (Å²) in [4.78, 5) is 10.5. The van der Waals surface area contributed by atoms with Gasteiger partial charge in [-0.15, -0.1) is 0 Å². The fourth-order valence-electron chi connectivity index (χ4n) is 2.07. The first-order chi connectivity index (χ1) is 11.4. The average Bonchev–Trinajstić information content (AvgIpc) is 2.56. The second-order valence-corrected chi connectivity index (χ2v) is 5.31. The third-order valence-electron chi connectivity index (χ3n) is 3.32. The van der Waals surface area contributed by atoms with Crippen LogP contribution in [0, 0.1) is 17.0 Å². The Labute approximate surface area is 144 Å². The zero-order chi connectivity index (χ0) is 17.7. The molecule has 0 aliphatic heterocycles. The minimum absolute atomic E-state index is 0.0884. The summed E-state index contributed by atoms with van der Waals surface area (Å²) in [6, 6.07) is 10.3. The Balaban J connectivity index is 2.14. The van der Waals surface area contributed by atoms with Crippen LogP contribution in [0.2, 0.25) is 0 Å². The van der Waals surface area contributed by atoms with E-state index in [0.29, 0.717) is 16.4 Å². The van der Waals surface area contributed by atoms with Crippen LogP contribution < -0.4 is 20.1 Å². The van der Waals surface area contributed by atoms with Gasteiger partial charge in [0.2, 0.25) is 0 Å². The number of hydrogen-bond donors (Lipinski definition) is 2. The van der Waals surface area contributed by atoms with Crippen molar-refractivity contribution in [2.24, 2.45) is 0 Å². The van der Waals surface area contributed by atoms with Crippen LogP contribution in [0.3, 0.4) is 0 Å². The zero-order valence-corrected chi connectivity index (χ0v) is 14.3. The quantitative estimate of drug-likeness (QED) is 0.484. The van der Waals surface area contributed by atoms with Gasteiger partial charge in [0, 0.05) is 23.5 Å². The first kappa shape index (κ1) is 17.5. The van der Waals surface area contributed by atoms with Crippen molar-refractivity contribution in [2.45, 2.75) is 6.92 Å². The molecular formula is C16H17N3O4S. The van der Waals surface area contributed by atoms with Crippen molar-refractivity contribution in [3.8, 4) is 11.5 Å². The zero-order valence-electron chi connectivity index (χ0n) is 13.5. The number of nitro benzene ring substituents is 1. The van der Waals surface area contributed by atoms with Crippen molar-refractivity contribution in [3.63, 3.8) is 0 Å². The number of aryl methyl sites for hydroxylation is 1. The van der Waals surface area contributed by atoms with Crippen LogP contribution in [0.25, 0.3) is 0 Å². The number of nitrogens with zero attached hydrogens (tertiary/aromatic N) is 1. The SMILES string of the molecule is COc1ccc(NC(=S)Nc2cc(OC)c([N+](=O)[O-])cc2C)cc1. The van der Waals surface area contributed by atoms with Gasteiger partial charge in [0.05, 0.1) is 19.1 Å². The highest BCUT2D eigenvalue weighted by Crippen LogP contribution is 2.32. The van der Waals surface area contributed by atoms with E-state index in [0.717, 1.165) is 11.4 Å². The summed E-state index contributed by atoms with van der Waals surface area (Å²) in [5.74, 6) is 0.913. The van der Waals surface area contributed by atoms with Crippen LogP contribution in [-0.4, -0.2) is 24.3 Å². The van der Waals surface area contributed by atoms with Crippen LogP contribution >= 0.6 is 12.2 Å². The molecule has 8 heteroatoms. The van der Waals surface area contributed by atoms with Gasteiger partial charge in [0.25, 0.3) is 0 Å². The Morgan fingerprint density at radius 2 is 1.79 bits per heavy atom. The molecule has 2 rings (SSSR count). The molecule has 24 heavy (non-hydrogen) atoms. The highest BCUT2D eigenvalue weighted by Gasteiger charge is 2.17. The Hall–Kier alpha value is -2.87. The predicted molar refractivity (Wildman–Crippen MR) is 97.2 cm³/mol. The monoisotopic (exact) mass is 347 g/mol. The van der Waals surface area contributed by atoms with E-state index >= 15 is 0 Å². The minimum atomic E-state index is -0.483. The second-order valence-electron chi connectivity index (χ2n) is 4.90. The number of methoxy groups -OCH3 is 2. The van der Waals surface area contributed by atoms with Crippen molar-refractivity contribution < 1.29 is 14.4 Å². The van der Waals surface area contributed by atoms with Crippen molar-refractivity contribution >= 4 is 34.4 Å². The van der Waals surface area contributed by atoms with Gasteiger partial charge in [-0.05, 0) is 49.0 Å². The summed E-state index contributed by atoms with van der Waals surface area (Å²) in [5, 5.41) is 17.4. The Bertz CT molecular complexity index is 763. The smallest absolute Gasteiger partial charge is 0.311 e. The summed E-state index contributed by atoms with van der Waals surface area (Å²) in [6.07, 6.45) is 0. The van der Waals surface area contributed by atoms with Crippen LogP contribution in [0.15, 0.2) is 36.4 Å². The number of hydrogen-bond acceptors (Lipinski definition) is 5. The lowest BCUT2D eigenvalue weighted by Crippen LogP contribution is -2.19. The van der Waals surface area contributed by atoms with Gasteiger partial charge < -0.3 is 20.1 Å². The molecular weight excluding hydrogens is 330 g/mol. The molecule has 0 fully saturated rings. The normalized spacial score (nSPS) is 9.96.